The van der Waals surface area contributed by atoms with Crippen molar-refractivity contribution in [2.24, 2.45) is 7.05 Å². The van der Waals surface area contributed by atoms with Gasteiger partial charge in [-0.3, -0.25) is 4.68 Å². The number of hydrogen-bond donors (Lipinski definition) is 1. The molecule has 1 heterocycles. The number of aromatic nitrogens is 2. The number of allylic oxidation sites excluding steroid dienone is 1. The molecule has 0 fully saturated rings. The lowest BCUT2D eigenvalue weighted by atomic mass is 10.0. The third-order valence-corrected chi connectivity index (χ3v) is 2.96. The van der Waals surface area contributed by atoms with Crippen molar-refractivity contribution in [3.05, 3.63) is 30.1 Å². The average Bonchev–Trinajstić information content (AvgIpc) is 2.66. The molecule has 1 aromatic heterocycles. The number of aryl methyl sites for hydroxylation is 1. The average molecular weight is 205 g/mol. The Morgan fingerprint density at radius 2 is 2.53 bits per heavy atom. The molecule has 0 bridgehead atoms. The number of nitrogens with one attached hydrogen (secondary N) is 1. The van der Waals surface area contributed by atoms with E-state index in [4.69, 9.17) is 0 Å². The van der Waals surface area contributed by atoms with Gasteiger partial charge in [-0.2, -0.15) is 5.10 Å². The summed E-state index contributed by atoms with van der Waals surface area (Å²) in [5.74, 6) is 0. The van der Waals surface area contributed by atoms with Crippen LogP contribution in [0.5, 0.6) is 0 Å². The van der Waals surface area contributed by atoms with Crippen molar-refractivity contribution in [3.63, 3.8) is 0 Å². The maximum Gasteiger partial charge on any atom is 0.0492 e. The Balaban J connectivity index is 1.73. The van der Waals surface area contributed by atoms with Crippen LogP contribution in [0.25, 0.3) is 0 Å². The molecule has 1 N–H and O–H groups in total. The van der Waals surface area contributed by atoms with E-state index in [0.29, 0.717) is 6.04 Å². The zero-order chi connectivity index (χ0) is 10.5. The molecule has 1 atom stereocenters. The van der Waals surface area contributed by atoms with E-state index >= 15 is 0 Å². The molecule has 0 saturated carbocycles. The molecular formula is C12H19N3. The van der Waals surface area contributed by atoms with E-state index in [1.807, 2.05) is 17.9 Å². The van der Waals surface area contributed by atoms with Crippen LogP contribution in [-0.4, -0.2) is 22.4 Å². The van der Waals surface area contributed by atoms with E-state index in [1.54, 1.807) is 0 Å². The second-order valence-electron chi connectivity index (χ2n) is 4.12. The Hall–Kier alpha value is -1.09. The van der Waals surface area contributed by atoms with Crippen LogP contribution in [0.4, 0.5) is 0 Å². The summed E-state index contributed by atoms with van der Waals surface area (Å²) in [4.78, 5) is 0. The Morgan fingerprint density at radius 3 is 3.20 bits per heavy atom. The van der Waals surface area contributed by atoms with Crippen LogP contribution in [0.15, 0.2) is 24.4 Å². The number of nitrogens with zero attached hydrogens (tertiary/aromatic N) is 2. The fourth-order valence-electron chi connectivity index (χ4n) is 2.01. The molecule has 0 aromatic carbocycles. The Bertz CT molecular complexity index is 327. The summed E-state index contributed by atoms with van der Waals surface area (Å²) in [6, 6.07) is 2.67. The third kappa shape index (κ3) is 2.93. The van der Waals surface area contributed by atoms with Gasteiger partial charge in [-0.1, -0.05) is 12.2 Å². The predicted octanol–water partition coefficient (Wildman–Crippen LogP) is 1.66. The first kappa shape index (κ1) is 10.4. The first-order chi connectivity index (χ1) is 7.36. The standard InChI is InChI=1S/C12H19N3/c1-15-12(8-10-14-15)7-9-13-11-5-3-2-4-6-11/h3,5,8,10-11,13H,2,4,6-7,9H2,1H3. The summed E-state index contributed by atoms with van der Waals surface area (Å²) >= 11 is 0. The number of rotatable bonds is 4. The molecule has 1 unspecified atom stereocenters. The van der Waals surface area contributed by atoms with Gasteiger partial charge in [0.1, 0.15) is 0 Å². The third-order valence-electron chi connectivity index (χ3n) is 2.96. The molecule has 3 heteroatoms. The van der Waals surface area contributed by atoms with Crippen molar-refractivity contribution in [1.82, 2.24) is 15.1 Å². The molecule has 0 saturated heterocycles. The molecule has 82 valence electrons. The lowest BCUT2D eigenvalue weighted by Gasteiger charge is -2.17. The minimum atomic E-state index is 0.590. The highest BCUT2D eigenvalue weighted by molar-refractivity contribution is 5.02. The lowest BCUT2D eigenvalue weighted by Crippen LogP contribution is -2.30. The van der Waals surface area contributed by atoms with E-state index in [2.05, 4.69) is 28.6 Å². The smallest absolute Gasteiger partial charge is 0.0492 e. The molecule has 0 aliphatic heterocycles. The van der Waals surface area contributed by atoms with Gasteiger partial charge >= 0.3 is 0 Å². The van der Waals surface area contributed by atoms with Gasteiger partial charge in [0.2, 0.25) is 0 Å². The zero-order valence-electron chi connectivity index (χ0n) is 9.32. The van der Waals surface area contributed by atoms with Gasteiger partial charge < -0.3 is 5.32 Å². The van der Waals surface area contributed by atoms with Crippen molar-refractivity contribution in [1.29, 1.82) is 0 Å². The van der Waals surface area contributed by atoms with Gasteiger partial charge in [0, 0.05) is 37.9 Å². The van der Waals surface area contributed by atoms with Crippen molar-refractivity contribution in [3.8, 4) is 0 Å². The first-order valence-corrected chi connectivity index (χ1v) is 5.73. The van der Waals surface area contributed by atoms with Crippen LogP contribution < -0.4 is 5.32 Å². The maximum absolute atomic E-state index is 4.16. The monoisotopic (exact) mass is 205 g/mol. The molecule has 1 aromatic rings. The normalized spacial score (nSPS) is 20.7. The largest absolute Gasteiger partial charge is 0.310 e. The zero-order valence-corrected chi connectivity index (χ0v) is 9.32. The van der Waals surface area contributed by atoms with Crippen LogP contribution in [0.3, 0.4) is 0 Å². The Kier molecular flexibility index (Phi) is 3.56. The molecule has 0 radical (unpaired) electrons. The van der Waals surface area contributed by atoms with Crippen molar-refractivity contribution < 1.29 is 0 Å². The molecule has 0 amide bonds. The second-order valence-corrected chi connectivity index (χ2v) is 4.12. The Morgan fingerprint density at radius 1 is 1.60 bits per heavy atom. The highest BCUT2D eigenvalue weighted by Crippen LogP contribution is 2.09. The molecule has 0 spiro atoms. The van der Waals surface area contributed by atoms with Crippen LogP contribution >= 0.6 is 0 Å². The highest BCUT2D eigenvalue weighted by atomic mass is 15.3. The van der Waals surface area contributed by atoms with E-state index in [9.17, 15) is 0 Å². The minimum Gasteiger partial charge on any atom is -0.310 e. The van der Waals surface area contributed by atoms with Crippen LogP contribution in [-0.2, 0) is 13.5 Å². The van der Waals surface area contributed by atoms with Gasteiger partial charge in [0.25, 0.3) is 0 Å². The van der Waals surface area contributed by atoms with E-state index in [0.717, 1.165) is 13.0 Å². The van der Waals surface area contributed by atoms with E-state index in [1.165, 1.54) is 25.0 Å². The molecule has 3 nitrogen and oxygen atoms in total. The summed E-state index contributed by atoms with van der Waals surface area (Å²) in [5.41, 5.74) is 1.29. The topological polar surface area (TPSA) is 29.9 Å². The van der Waals surface area contributed by atoms with Gasteiger partial charge in [0.05, 0.1) is 0 Å². The summed E-state index contributed by atoms with van der Waals surface area (Å²) in [7, 11) is 2.00. The molecule has 15 heavy (non-hydrogen) atoms. The summed E-state index contributed by atoms with van der Waals surface area (Å²) in [5, 5.41) is 7.72. The predicted molar refractivity (Wildman–Crippen MR) is 61.7 cm³/mol. The fraction of sp³-hybridized carbons (Fsp3) is 0.583. The first-order valence-electron chi connectivity index (χ1n) is 5.73. The van der Waals surface area contributed by atoms with Gasteiger partial charge in [0.15, 0.2) is 0 Å². The summed E-state index contributed by atoms with van der Waals surface area (Å²) in [6.07, 6.45) is 11.3. The molecule has 1 aliphatic rings. The van der Waals surface area contributed by atoms with Crippen molar-refractivity contribution in [2.75, 3.05) is 6.54 Å². The van der Waals surface area contributed by atoms with Crippen LogP contribution in [0, 0.1) is 0 Å². The quantitative estimate of drug-likeness (QED) is 0.758. The minimum absolute atomic E-state index is 0.590. The van der Waals surface area contributed by atoms with Gasteiger partial charge in [-0.15, -0.1) is 0 Å². The van der Waals surface area contributed by atoms with Crippen LogP contribution in [0.1, 0.15) is 25.0 Å². The second kappa shape index (κ2) is 5.12. The van der Waals surface area contributed by atoms with Crippen molar-refractivity contribution in [2.45, 2.75) is 31.7 Å². The molecule has 2 rings (SSSR count). The van der Waals surface area contributed by atoms with E-state index < -0.39 is 0 Å². The number of hydrogen-bond acceptors (Lipinski definition) is 2. The SMILES string of the molecule is Cn1nccc1CCNC1C=CCCC1. The Labute approximate surface area is 91.2 Å². The maximum atomic E-state index is 4.16. The fourth-order valence-corrected chi connectivity index (χ4v) is 2.01. The lowest BCUT2D eigenvalue weighted by molar-refractivity contribution is 0.519. The van der Waals surface area contributed by atoms with E-state index in [-0.39, 0.29) is 0 Å². The van der Waals surface area contributed by atoms with Crippen LogP contribution in [0.2, 0.25) is 0 Å². The summed E-state index contributed by atoms with van der Waals surface area (Å²) < 4.78 is 1.94. The van der Waals surface area contributed by atoms with Gasteiger partial charge in [-0.25, -0.2) is 0 Å². The molecule has 1 aliphatic carbocycles. The van der Waals surface area contributed by atoms with Crippen molar-refractivity contribution >= 4 is 0 Å². The highest BCUT2D eigenvalue weighted by Gasteiger charge is 2.07. The van der Waals surface area contributed by atoms with Gasteiger partial charge in [-0.05, 0) is 25.3 Å². The summed E-state index contributed by atoms with van der Waals surface area (Å²) in [6.45, 7) is 1.04. The molecular weight excluding hydrogens is 186 g/mol.